The van der Waals surface area contributed by atoms with Crippen molar-refractivity contribution >= 4 is 5.82 Å². The second-order valence-corrected chi connectivity index (χ2v) is 4.89. The third-order valence-electron chi connectivity index (χ3n) is 2.45. The minimum Gasteiger partial charge on any atom is -0.384 e. The maximum absolute atomic E-state index is 8.68. The van der Waals surface area contributed by atoms with Crippen molar-refractivity contribution in [3.8, 4) is 6.07 Å². The second-order valence-electron chi connectivity index (χ2n) is 4.89. The maximum atomic E-state index is 8.68. The van der Waals surface area contributed by atoms with Crippen LogP contribution in [0.4, 0.5) is 5.82 Å². The highest BCUT2D eigenvalue weighted by atomic mass is 15.1. The molecule has 18 heavy (non-hydrogen) atoms. The van der Waals surface area contributed by atoms with Gasteiger partial charge in [0.2, 0.25) is 0 Å². The summed E-state index contributed by atoms with van der Waals surface area (Å²) in [6.07, 6.45) is 0.522. The van der Waals surface area contributed by atoms with Gasteiger partial charge >= 0.3 is 0 Å². The first-order valence-electron chi connectivity index (χ1n) is 6.20. The van der Waals surface area contributed by atoms with Gasteiger partial charge < -0.3 is 5.73 Å². The Kier molecular flexibility index (Phi) is 5.53. The zero-order valence-corrected chi connectivity index (χ0v) is 11.3. The average Bonchev–Trinajstić information content (AvgIpc) is 2.23. The predicted molar refractivity (Wildman–Crippen MR) is 71.5 cm³/mol. The SMILES string of the molecule is Cc1cc(N)nc(CN(CCC#N)CC(C)C)n1. The summed E-state index contributed by atoms with van der Waals surface area (Å²) in [6, 6.07) is 3.93. The molecule has 0 atom stereocenters. The summed E-state index contributed by atoms with van der Waals surface area (Å²) >= 11 is 0. The Morgan fingerprint density at radius 1 is 1.44 bits per heavy atom. The van der Waals surface area contributed by atoms with Gasteiger partial charge in [-0.2, -0.15) is 5.26 Å². The molecular formula is C13H21N5. The van der Waals surface area contributed by atoms with E-state index >= 15 is 0 Å². The Morgan fingerprint density at radius 2 is 2.17 bits per heavy atom. The summed E-state index contributed by atoms with van der Waals surface area (Å²) in [5.74, 6) is 1.78. The Balaban J connectivity index is 2.72. The standard InChI is InChI=1S/C13H21N5/c1-10(2)8-18(6-4-5-14)9-13-16-11(3)7-12(15)17-13/h7,10H,4,6,8-9H2,1-3H3,(H2,15,16,17). The smallest absolute Gasteiger partial charge is 0.144 e. The molecule has 0 saturated carbocycles. The van der Waals surface area contributed by atoms with Crippen LogP contribution in [0.15, 0.2) is 6.07 Å². The van der Waals surface area contributed by atoms with Crippen LogP contribution in [0.2, 0.25) is 0 Å². The number of aromatic nitrogens is 2. The average molecular weight is 247 g/mol. The Bertz CT molecular complexity index is 402. The van der Waals surface area contributed by atoms with E-state index in [2.05, 4.69) is 34.8 Å². The molecule has 0 bridgehead atoms. The van der Waals surface area contributed by atoms with Crippen LogP contribution in [0.1, 0.15) is 31.8 Å². The molecule has 0 aliphatic carbocycles. The molecule has 0 aliphatic rings. The van der Waals surface area contributed by atoms with Crippen LogP contribution in [0.25, 0.3) is 0 Å². The molecule has 1 rings (SSSR count). The maximum Gasteiger partial charge on any atom is 0.144 e. The number of rotatable bonds is 6. The van der Waals surface area contributed by atoms with E-state index in [0.717, 1.165) is 24.6 Å². The molecule has 1 aromatic heterocycles. The van der Waals surface area contributed by atoms with E-state index in [1.165, 1.54) is 0 Å². The number of aryl methyl sites for hydroxylation is 1. The van der Waals surface area contributed by atoms with E-state index in [4.69, 9.17) is 11.0 Å². The molecule has 0 aromatic carbocycles. The quantitative estimate of drug-likeness (QED) is 0.828. The van der Waals surface area contributed by atoms with Crippen molar-refractivity contribution in [2.45, 2.75) is 33.7 Å². The van der Waals surface area contributed by atoms with E-state index in [-0.39, 0.29) is 0 Å². The van der Waals surface area contributed by atoms with Gasteiger partial charge in [-0.1, -0.05) is 13.8 Å². The lowest BCUT2D eigenvalue weighted by Crippen LogP contribution is -2.29. The monoisotopic (exact) mass is 247 g/mol. The highest BCUT2D eigenvalue weighted by Gasteiger charge is 2.10. The number of nitrogens with zero attached hydrogens (tertiary/aromatic N) is 4. The van der Waals surface area contributed by atoms with Crippen LogP contribution in [0, 0.1) is 24.2 Å². The zero-order valence-electron chi connectivity index (χ0n) is 11.3. The Hall–Kier alpha value is -1.67. The van der Waals surface area contributed by atoms with Crippen molar-refractivity contribution in [1.82, 2.24) is 14.9 Å². The third-order valence-corrected chi connectivity index (χ3v) is 2.45. The van der Waals surface area contributed by atoms with Crippen LogP contribution in [0.5, 0.6) is 0 Å². The number of anilines is 1. The summed E-state index contributed by atoms with van der Waals surface area (Å²) < 4.78 is 0. The van der Waals surface area contributed by atoms with Crippen LogP contribution >= 0.6 is 0 Å². The van der Waals surface area contributed by atoms with E-state index in [9.17, 15) is 0 Å². The lowest BCUT2D eigenvalue weighted by atomic mass is 10.2. The fourth-order valence-corrected chi connectivity index (χ4v) is 1.89. The van der Waals surface area contributed by atoms with Crippen molar-refractivity contribution in [2.24, 2.45) is 5.92 Å². The first-order valence-corrected chi connectivity index (χ1v) is 6.20. The molecule has 1 heterocycles. The van der Waals surface area contributed by atoms with Gasteiger partial charge in [0.25, 0.3) is 0 Å². The van der Waals surface area contributed by atoms with Gasteiger partial charge in [-0.15, -0.1) is 0 Å². The van der Waals surface area contributed by atoms with E-state index < -0.39 is 0 Å². The summed E-state index contributed by atoms with van der Waals surface area (Å²) in [7, 11) is 0. The zero-order chi connectivity index (χ0) is 13.5. The molecule has 2 N–H and O–H groups in total. The summed E-state index contributed by atoms with van der Waals surface area (Å²) in [5, 5.41) is 8.68. The number of nitriles is 1. The van der Waals surface area contributed by atoms with E-state index in [1.807, 2.05) is 6.92 Å². The van der Waals surface area contributed by atoms with E-state index in [0.29, 0.717) is 24.7 Å². The summed E-state index contributed by atoms with van der Waals surface area (Å²) in [6.45, 7) is 8.54. The number of hydrogen-bond donors (Lipinski definition) is 1. The fourth-order valence-electron chi connectivity index (χ4n) is 1.89. The van der Waals surface area contributed by atoms with Gasteiger partial charge in [0.15, 0.2) is 0 Å². The van der Waals surface area contributed by atoms with Gasteiger partial charge in [-0.05, 0) is 12.8 Å². The molecule has 98 valence electrons. The molecule has 0 spiro atoms. The molecule has 0 saturated heterocycles. The van der Waals surface area contributed by atoms with Crippen molar-refractivity contribution < 1.29 is 0 Å². The van der Waals surface area contributed by atoms with Crippen molar-refractivity contribution in [3.05, 3.63) is 17.6 Å². The van der Waals surface area contributed by atoms with Crippen molar-refractivity contribution in [3.63, 3.8) is 0 Å². The molecule has 0 aliphatic heterocycles. The molecule has 0 amide bonds. The molecular weight excluding hydrogens is 226 g/mol. The normalized spacial score (nSPS) is 10.9. The van der Waals surface area contributed by atoms with Crippen LogP contribution < -0.4 is 5.73 Å². The first-order chi connectivity index (χ1) is 8.51. The van der Waals surface area contributed by atoms with E-state index in [1.54, 1.807) is 6.07 Å². The van der Waals surface area contributed by atoms with Gasteiger partial charge in [0, 0.05) is 31.3 Å². The summed E-state index contributed by atoms with van der Waals surface area (Å²) in [4.78, 5) is 10.8. The van der Waals surface area contributed by atoms with Crippen molar-refractivity contribution in [1.29, 1.82) is 5.26 Å². The largest absolute Gasteiger partial charge is 0.384 e. The lowest BCUT2D eigenvalue weighted by molar-refractivity contribution is 0.235. The molecule has 1 aromatic rings. The molecule has 5 nitrogen and oxygen atoms in total. The molecule has 0 unspecified atom stereocenters. The highest BCUT2D eigenvalue weighted by molar-refractivity contribution is 5.29. The second kappa shape index (κ2) is 6.92. The fraction of sp³-hybridized carbons (Fsp3) is 0.615. The Morgan fingerprint density at radius 3 is 2.72 bits per heavy atom. The molecule has 0 radical (unpaired) electrons. The topological polar surface area (TPSA) is 78.8 Å². The van der Waals surface area contributed by atoms with Crippen LogP contribution in [-0.4, -0.2) is 28.0 Å². The minimum absolute atomic E-state index is 0.502. The van der Waals surface area contributed by atoms with Gasteiger partial charge in [0.05, 0.1) is 12.6 Å². The number of hydrogen-bond acceptors (Lipinski definition) is 5. The molecule has 0 fully saturated rings. The van der Waals surface area contributed by atoms with Crippen LogP contribution in [-0.2, 0) is 6.54 Å². The minimum atomic E-state index is 0.502. The van der Waals surface area contributed by atoms with Crippen molar-refractivity contribution in [2.75, 3.05) is 18.8 Å². The lowest BCUT2D eigenvalue weighted by Gasteiger charge is -2.22. The summed E-state index contributed by atoms with van der Waals surface area (Å²) in [5.41, 5.74) is 6.59. The highest BCUT2D eigenvalue weighted by Crippen LogP contribution is 2.07. The van der Waals surface area contributed by atoms with Gasteiger partial charge in [-0.25, -0.2) is 9.97 Å². The van der Waals surface area contributed by atoms with Gasteiger partial charge in [-0.3, -0.25) is 4.90 Å². The number of nitrogens with two attached hydrogens (primary N) is 1. The Labute approximate surface area is 109 Å². The van der Waals surface area contributed by atoms with Gasteiger partial charge in [0.1, 0.15) is 11.6 Å². The first kappa shape index (κ1) is 14.4. The predicted octanol–water partition coefficient (Wildman–Crippen LogP) is 1.74. The molecule has 5 heteroatoms. The van der Waals surface area contributed by atoms with Crippen LogP contribution in [0.3, 0.4) is 0 Å². The third kappa shape index (κ3) is 5.11. The number of nitrogen functional groups attached to an aromatic ring is 1.